The van der Waals surface area contributed by atoms with Crippen molar-refractivity contribution in [1.82, 2.24) is 9.78 Å². The molecule has 1 saturated carbocycles. The Balaban J connectivity index is 1.65. The highest BCUT2D eigenvalue weighted by Crippen LogP contribution is 2.44. The number of carbonyl (C=O) groups excluding carboxylic acids is 1. The predicted octanol–water partition coefficient (Wildman–Crippen LogP) is 5.20. The first-order valence-electron chi connectivity index (χ1n) is 10.6. The first-order chi connectivity index (χ1) is 14.5. The standard InChI is InChI=1S/C24H25N5O/c1-14-12-22(30)27-20-5-3-4-18(24(20)26-14)17-8-9-21-19(13-17)23(16-6-7-16)28-29(21)15(2)10-11-25/h3-5,8-9,13-16,26H,6-7,10,12H2,1-2H3,(H,27,30)/t14-,15-/m1/s1. The van der Waals surface area contributed by atoms with Crippen LogP contribution in [0.25, 0.3) is 22.0 Å². The zero-order valence-electron chi connectivity index (χ0n) is 17.3. The number of anilines is 2. The van der Waals surface area contributed by atoms with E-state index < -0.39 is 0 Å². The largest absolute Gasteiger partial charge is 0.380 e. The van der Waals surface area contributed by atoms with Gasteiger partial charge >= 0.3 is 0 Å². The van der Waals surface area contributed by atoms with E-state index in [-0.39, 0.29) is 18.0 Å². The van der Waals surface area contributed by atoms with E-state index >= 15 is 0 Å². The monoisotopic (exact) mass is 399 g/mol. The van der Waals surface area contributed by atoms with Crippen LogP contribution >= 0.6 is 0 Å². The van der Waals surface area contributed by atoms with Crippen molar-refractivity contribution in [3.63, 3.8) is 0 Å². The molecular formula is C24H25N5O. The van der Waals surface area contributed by atoms with E-state index in [0.29, 0.717) is 18.8 Å². The number of hydrogen-bond acceptors (Lipinski definition) is 4. The van der Waals surface area contributed by atoms with Crippen LogP contribution in [-0.4, -0.2) is 21.7 Å². The van der Waals surface area contributed by atoms with Crippen molar-refractivity contribution in [2.24, 2.45) is 0 Å². The summed E-state index contributed by atoms with van der Waals surface area (Å²) in [5, 5.41) is 21.8. The van der Waals surface area contributed by atoms with Crippen LogP contribution in [0.15, 0.2) is 36.4 Å². The first kappa shape index (κ1) is 18.7. The van der Waals surface area contributed by atoms with Gasteiger partial charge in [0.1, 0.15) is 0 Å². The fraction of sp³-hybridized carbons (Fsp3) is 0.375. The first-order valence-corrected chi connectivity index (χ1v) is 10.6. The van der Waals surface area contributed by atoms with Crippen LogP contribution in [0.2, 0.25) is 0 Å². The van der Waals surface area contributed by atoms with E-state index in [1.54, 1.807) is 0 Å². The Labute approximate surface area is 175 Å². The van der Waals surface area contributed by atoms with Gasteiger partial charge in [-0.2, -0.15) is 10.4 Å². The summed E-state index contributed by atoms with van der Waals surface area (Å²) < 4.78 is 2.02. The number of para-hydroxylation sites is 1. The van der Waals surface area contributed by atoms with Gasteiger partial charge in [-0.1, -0.05) is 18.2 Å². The Bertz CT molecular complexity index is 1180. The normalized spacial score (nSPS) is 19.4. The molecule has 1 fully saturated rings. The lowest BCUT2D eigenvalue weighted by Crippen LogP contribution is -2.19. The third-order valence-electron chi connectivity index (χ3n) is 6.03. The SMILES string of the molecule is C[C@@H]1CC(=O)Nc2cccc(-c3ccc4c(c3)c(C3CC3)nn4[C@H](C)CC#N)c2N1. The molecule has 1 amide bonds. The van der Waals surface area contributed by atoms with Gasteiger partial charge in [-0.15, -0.1) is 0 Å². The lowest BCUT2D eigenvalue weighted by Gasteiger charge is -2.17. The van der Waals surface area contributed by atoms with Gasteiger partial charge in [0, 0.05) is 29.3 Å². The second-order valence-electron chi connectivity index (χ2n) is 8.57. The molecule has 1 aromatic heterocycles. The fourth-order valence-electron chi connectivity index (χ4n) is 4.37. The highest BCUT2D eigenvalue weighted by atomic mass is 16.1. The molecule has 1 aliphatic carbocycles. The van der Waals surface area contributed by atoms with Crippen LogP contribution < -0.4 is 10.6 Å². The molecule has 6 nitrogen and oxygen atoms in total. The molecular weight excluding hydrogens is 374 g/mol. The van der Waals surface area contributed by atoms with E-state index in [1.165, 1.54) is 18.2 Å². The lowest BCUT2D eigenvalue weighted by molar-refractivity contribution is -0.116. The molecule has 2 heterocycles. The van der Waals surface area contributed by atoms with Gasteiger partial charge in [0.15, 0.2) is 0 Å². The molecule has 6 heteroatoms. The van der Waals surface area contributed by atoms with Crippen LogP contribution in [0.1, 0.15) is 57.2 Å². The minimum Gasteiger partial charge on any atom is -0.380 e. The quantitative estimate of drug-likeness (QED) is 0.632. The van der Waals surface area contributed by atoms with Crippen molar-refractivity contribution < 1.29 is 4.79 Å². The molecule has 0 saturated heterocycles. The smallest absolute Gasteiger partial charge is 0.226 e. The fourth-order valence-corrected chi connectivity index (χ4v) is 4.37. The molecule has 1 aliphatic heterocycles. The molecule has 30 heavy (non-hydrogen) atoms. The maximum Gasteiger partial charge on any atom is 0.226 e. The maximum atomic E-state index is 12.1. The van der Waals surface area contributed by atoms with Crippen LogP contribution in [0, 0.1) is 11.3 Å². The van der Waals surface area contributed by atoms with Gasteiger partial charge in [0.25, 0.3) is 0 Å². The molecule has 2 aromatic carbocycles. The van der Waals surface area contributed by atoms with Gasteiger partial charge in [0.2, 0.25) is 5.91 Å². The van der Waals surface area contributed by atoms with E-state index in [4.69, 9.17) is 10.4 Å². The van der Waals surface area contributed by atoms with Gasteiger partial charge in [-0.25, -0.2) is 0 Å². The second-order valence-corrected chi connectivity index (χ2v) is 8.57. The Hall–Kier alpha value is -3.33. The highest BCUT2D eigenvalue weighted by molar-refractivity contribution is 6.01. The number of carbonyl (C=O) groups is 1. The summed E-state index contributed by atoms with van der Waals surface area (Å²) in [7, 11) is 0. The summed E-state index contributed by atoms with van der Waals surface area (Å²) in [5.74, 6) is 0.550. The van der Waals surface area contributed by atoms with Crippen LogP contribution in [0.3, 0.4) is 0 Å². The Kier molecular flexibility index (Phi) is 4.47. The van der Waals surface area contributed by atoms with Crippen molar-refractivity contribution >= 4 is 28.2 Å². The van der Waals surface area contributed by atoms with E-state index in [9.17, 15) is 4.79 Å². The molecule has 152 valence electrons. The average Bonchev–Trinajstić information content (AvgIpc) is 3.50. The molecule has 5 rings (SSSR count). The van der Waals surface area contributed by atoms with E-state index in [0.717, 1.165) is 33.7 Å². The van der Waals surface area contributed by atoms with Gasteiger partial charge < -0.3 is 10.6 Å². The molecule has 2 atom stereocenters. The molecule has 0 unspecified atom stereocenters. The van der Waals surface area contributed by atoms with Gasteiger partial charge in [0.05, 0.1) is 41.1 Å². The molecule has 2 N–H and O–H groups in total. The van der Waals surface area contributed by atoms with Crippen molar-refractivity contribution in [3.05, 3.63) is 42.1 Å². The van der Waals surface area contributed by atoms with Crippen LogP contribution in [-0.2, 0) is 4.79 Å². The number of rotatable bonds is 4. The third-order valence-corrected chi connectivity index (χ3v) is 6.03. The molecule has 2 aliphatic rings. The number of amides is 1. The average molecular weight is 399 g/mol. The number of fused-ring (bicyclic) bond motifs is 2. The van der Waals surface area contributed by atoms with Crippen LogP contribution in [0.4, 0.5) is 11.4 Å². The molecule has 0 spiro atoms. The Morgan fingerprint density at radius 1 is 1.30 bits per heavy atom. The lowest BCUT2D eigenvalue weighted by atomic mass is 9.99. The predicted molar refractivity (Wildman–Crippen MR) is 118 cm³/mol. The number of nitrogens with zero attached hydrogens (tertiary/aromatic N) is 3. The minimum atomic E-state index is 0.0325. The van der Waals surface area contributed by atoms with E-state index in [2.05, 4.69) is 41.0 Å². The summed E-state index contributed by atoms with van der Waals surface area (Å²) in [4.78, 5) is 12.1. The number of hydrogen-bond donors (Lipinski definition) is 2. The van der Waals surface area contributed by atoms with Crippen LogP contribution in [0.5, 0.6) is 0 Å². The zero-order chi connectivity index (χ0) is 20.8. The van der Waals surface area contributed by atoms with Crippen molar-refractivity contribution in [2.75, 3.05) is 10.6 Å². The summed E-state index contributed by atoms with van der Waals surface area (Å²) in [6, 6.07) is 14.8. The number of nitrogens with one attached hydrogen (secondary N) is 2. The topological polar surface area (TPSA) is 82.7 Å². The van der Waals surface area contributed by atoms with Gasteiger partial charge in [-0.05, 0) is 50.5 Å². The molecule has 0 radical (unpaired) electrons. The zero-order valence-corrected chi connectivity index (χ0v) is 17.3. The summed E-state index contributed by atoms with van der Waals surface area (Å²) in [6.45, 7) is 4.08. The van der Waals surface area contributed by atoms with Crippen molar-refractivity contribution in [2.45, 2.75) is 57.5 Å². The van der Waals surface area contributed by atoms with Crippen molar-refractivity contribution in [3.8, 4) is 17.2 Å². The summed E-state index contributed by atoms with van der Waals surface area (Å²) >= 11 is 0. The van der Waals surface area contributed by atoms with Crippen molar-refractivity contribution in [1.29, 1.82) is 5.26 Å². The highest BCUT2D eigenvalue weighted by Gasteiger charge is 2.30. The molecule has 3 aromatic rings. The number of nitriles is 1. The second kappa shape index (κ2) is 7.17. The maximum absolute atomic E-state index is 12.1. The third kappa shape index (κ3) is 3.21. The summed E-state index contributed by atoms with van der Waals surface area (Å²) in [5.41, 5.74) is 6.19. The van der Waals surface area contributed by atoms with E-state index in [1.807, 2.05) is 30.7 Å². The number of benzene rings is 2. The minimum absolute atomic E-state index is 0.0325. The molecule has 0 bridgehead atoms. The van der Waals surface area contributed by atoms with Gasteiger partial charge in [-0.3, -0.25) is 9.48 Å². The summed E-state index contributed by atoms with van der Waals surface area (Å²) in [6.07, 6.45) is 3.24. The number of aromatic nitrogens is 2. The Morgan fingerprint density at radius 2 is 2.13 bits per heavy atom. The Morgan fingerprint density at radius 3 is 2.90 bits per heavy atom.